The Morgan fingerprint density at radius 3 is 1.94 bits per heavy atom. The third kappa shape index (κ3) is 12.9. The van der Waals surface area contributed by atoms with E-state index >= 15 is 0 Å². The van der Waals surface area contributed by atoms with Gasteiger partial charge in [0.1, 0.15) is 22.7 Å². The number of aromatic nitrogens is 4. The minimum atomic E-state index is -1.42. The Balaban J connectivity index is 0.000000449. The lowest BCUT2D eigenvalue weighted by Gasteiger charge is -2.38. The largest absolute Gasteiger partial charge is 0.444 e. The zero-order valence-electron chi connectivity index (χ0n) is 38.1. The van der Waals surface area contributed by atoms with Crippen molar-refractivity contribution in [1.29, 1.82) is 0 Å². The van der Waals surface area contributed by atoms with Crippen LogP contribution in [-0.2, 0) is 41.5 Å². The number of amides is 4. The van der Waals surface area contributed by atoms with Crippen LogP contribution in [0.15, 0.2) is 122 Å². The molecule has 0 spiro atoms. The van der Waals surface area contributed by atoms with Crippen LogP contribution < -0.4 is 16.0 Å². The first-order valence-corrected chi connectivity index (χ1v) is 21.5. The van der Waals surface area contributed by atoms with E-state index in [1.54, 1.807) is 31.5 Å². The number of benzene rings is 3. The molecule has 3 heterocycles. The van der Waals surface area contributed by atoms with Gasteiger partial charge in [0.2, 0.25) is 5.91 Å². The molecule has 0 saturated carbocycles. The maximum atomic E-state index is 14.2. The highest BCUT2D eigenvalue weighted by Gasteiger charge is 2.41. The van der Waals surface area contributed by atoms with Crippen molar-refractivity contribution in [3.8, 4) is 0 Å². The summed E-state index contributed by atoms with van der Waals surface area (Å²) in [5.74, 6) is -0.505. The molecule has 14 nitrogen and oxygen atoms in total. The standard InChI is InChI=1S/C37H50N6O6.C12H14N2/c1-26-18-20-42(21-19-26)33(46)37(7,28-16-12-9-13-17-28)43-22-30(38-25-43)40-31(44)29(24-48-23-27-14-10-8-11-15-27)39-32(45)36(5,6)41-34(47)49-35(2,3)4;1-12(2,14-9-8-13-10-14)11-6-4-3-5-7-11/h8-17,22,25-26,29H,18-21,23-24H2,1-7H3,(H,39,45)(H,40,44)(H,41,47);3-10H,1-2H3/t29-,37?;/m1./s1. The van der Waals surface area contributed by atoms with E-state index < -0.39 is 40.6 Å². The van der Waals surface area contributed by atoms with Gasteiger partial charge in [-0.15, -0.1) is 0 Å². The second kappa shape index (κ2) is 20.7. The molecule has 2 aromatic heterocycles. The Labute approximate surface area is 371 Å². The van der Waals surface area contributed by atoms with E-state index in [2.05, 4.69) is 75.5 Å². The molecule has 1 fully saturated rings. The third-order valence-electron chi connectivity index (χ3n) is 11.2. The fraction of sp³-hybridized carbons (Fsp3) is 0.429. The number of alkyl carbamates (subject to hydrolysis) is 1. The van der Waals surface area contributed by atoms with Crippen LogP contribution in [0.25, 0.3) is 0 Å². The van der Waals surface area contributed by atoms with Gasteiger partial charge >= 0.3 is 6.09 Å². The number of hydrogen-bond donors (Lipinski definition) is 3. The Morgan fingerprint density at radius 2 is 1.37 bits per heavy atom. The molecular formula is C49H64N8O6. The van der Waals surface area contributed by atoms with Crippen LogP contribution in [0.3, 0.4) is 0 Å². The molecule has 1 aliphatic rings. The lowest BCUT2D eigenvalue weighted by Crippen LogP contribution is -2.59. The predicted molar refractivity (Wildman–Crippen MR) is 244 cm³/mol. The lowest BCUT2D eigenvalue weighted by atomic mass is 9.88. The fourth-order valence-corrected chi connectivity index (χ4v) is 7.10. The van der Waals surface area contributed by atoms with Crippen molar-refractivity contribution in [2.24, 2.45) is 5.92 Å². The van der Waals surface area contributed by atoms with Crippen LogP contribution in [0.5, 0.6) is 0 Å². The van der Waals surface area contributed by atoms with E-state index in [4.69, 9.17) is 9.47 Å². The highest BCUT2D eigenvalue weighted by molar-refractivity contribution is 5.98. The SMILES string of the molecule is CC(C)(c1ccccc1)n1ccnc1.CC1CCN(C(=O)C(C)(c2ccccc2)n2cnc(NC(=O)[C@@H](COCc3ccccc3)NC(=O)C(C)(C)NC(=O)OC(C)(C)C)c2)CC1. The van der Waals surface area contributed by atoms with Gasteiger partial charge in [-0.2, -0.15) is 0 Å². The Hall–Kier alpha value is -6.28. The molecule has 1 saturated heterocycles. The van der Waals surface area contributed by atoms with Crippen LogP contribution >= 0.6 is 0 Å². The number of ether oxygens (including phenoxy) is 2. The summed E-state index contributed by atoms with van der Waals surface area (Å²) in [5.41, 5.74) is -0.371. The molecule has 2 atom stereocenters. The molecule has 0 radical (unpaired) electrons. The number of anilines is 1. The van der Waals surface area contributed by atoms with Gasteiger partial charge in [0.15, 0.2) is 5.82 Å². The molecule has 0 aliphatic carbocycles. The quantitative estimate of drug-likeness (QED) is 0.103. The summed E-state index contributed by atoms with van der Waals surface area (Å²) in [5, 5.41) is 8.07. The van der Waals surface area contributed by atoms with Crippen molar-refractivity contribution in [3.05, 3.63) is 139 Å². The molecule has 3 aromatic carbocycles. The van der Waals surface area contributed by atoms with E-state index in [0.29, 0.717) is 19.0 Å². The Kier molecular flexibility index (Phi) is 15.7. The van der Waals surface area contributed by atoms with Gasteiger partial charge in [0, 0.05) is 31.7 Å². The second-order valence-corrected chi connectivity index (χ2v) is 18.2. The molecule has 1 aliphatic heterocycles. The maximum absolute atomic E-state index is 14.2. The Bertz CT molecular complexity index is 2230. The number of rotatable bonds is 14. The van der Waals surface area contributed by atoms with Crippen molar-refractivity contribution in [1.82, 2.24) is 34.6 Å². The number of carbonyl (C=O) groups excluding carboxylic acids is 4. The van der Waals surface area contributed by atoms with Gasteiger partial charge in [-0.25, -0.2) is 14.8 Å². The first kappa shape index (κ1) is 47.8. The van der Waals surface area contributed by atoms with Gasteiger partial charge in [0.05, 0.1) is 31.4 Å². The summed E-state index contributed by atoms with van der Waals surface area (Å²) >= 11 is 0. The number of carbonyl (C=O) groups is 4. The summed E-state index contributed by atoms with van der Waals surface area (Å²) < 4.78 is 15.0. The number of piperidine rings is 1. The minimum absolute atomic E-state index is 0.0300. The fourth-order valence-electron chi connectivity index (χ4n) is 7.10. The maximum Gasteiger partial charge on any atom is 0.408 e. The van der Waals surface area contributed by atoms with Gasteiger partial charge < -0.3 is 39.5 Å². The van der Waals surface area contributed by atoms with E-state index in [1.165, 1.54) is 25.7 Å². The van der Waals surface area contributed by atoms with Crippen LogP contribution in [-0.4, -0.2) is 84.7 Å². The monoisotopic (exact) mass is 860 g/mol. The van der Waals surface area contributed by atoms with E-state index in [1.807, 2.05) is 97.3 Å². The summed E-state index contributed by atoms with van der Waals surface area (Å²) in [6.07, 6.45) is 9.91. The van der Waals surface area contributed by atoms with Crippen molar-refractivity contribution >= 4 is 29.6 Å². The second-order valence-electron chi connectivity index (χ2n) is 18.2. The van der Waals surface area contributed by atoms with E-state index in [-0.39, 0.29) is 30.5 Å². The molecule has 3 N–H and O–H groups in total. The predicted octanol–water partition coefficient (Wildman–Crippen LogP) is 7.52. The first-order valence-electron chi connectivity index (χ1n) is 21.5. The molecule has 63 heavy (non-hydrogen) atoms. The minimum Gasteiger partial charge on any atom is -0.444 e. The van der Waals surface area contributed by atoms with Crippen molar-refractivity contribution in [3.63, 3.8) is 0 Å². The molecule has 14 heteroatoms. The summed E-state index contributed by atoms with van der Waals surface area (Å²) in [6.45, 7) is 18.0. The third-order valence-corrected chi connectivity index (χ3v) is 11.2. The summed E-state index contributed by atoms with van der Waals surface area (Å²) in [7, 11) is 0. The highest BCUT2D eigenvalue weighted by atomic mass is 16.6. The van der Waals surface area contributed by atoms with Crippen LogP contribution in [0.2, 0.25) is 0 Å². The van der Waals surface area contributed by atoms with E-state index in [0.717, 1.165) is 24.0 Å². The van der Waals surface area contributed by atoms with Crippen LogP contribution in [0, 0.1) is 5.92 Å². The van der Waals surface area contributed by atoms with Gasteiger partial charge in [0.25, 0.3) is 11.8 Å². The highest BCUT2D eigenvalue weighted by Crippen LogP contribution is 2.32. The zero-order valence-corrected chi connectivity index (χ0v) is 38.1. The van der Waals surface area contributed by atoms with Gasteiger partial charge in [-0.05, 0) is 90.8 Å². The van der Waals surface area contributed by atoms with Crippen molar-refractivity contribution in [2.45, 2.75) is 110 Å². The average Bonchev–Trinajstić information content (AvgIpc) is 3.98. The topological polar surface area (TPSA) is 162 Å². The number of hydrogen-bond acceptors (Lipinski definition) is 8. The molecule has 336 valence electrons. The first-order chi connectivity index (χ1) is 29.8. The normalized spacial score (nSPS) is 14.9. The number of nitrogens with one attached hydrogen (secondary N) is 3. The van der Waals surface area contributed by atoms with Gasteiger partial charge in [-0.3, -0.25) is 14.4 Å². The molecule has 4 amide bonds. The van der Waals surface area contributed by atoms with Crippen LogP contribution in [0.4, 0.5) is 10.6 Å². The molecule has 5 aromatic rings. The molecule has 0 bridgehead atoms. The molecule has 6 rings (SSSR count). The average molecular weight is 861 g/mol. The van der Waals surface area contributed by atoms with Crippen LogP contribution in [0.1, 0.15) is 91.8 Å². The summed E-state index contributed by atoms with van der Waals surface area (Å²) in [6, 6.07) is 28.2. The smallest absolute Gasteiger partial charge is 0.408 e. The molecular weight excluding hydrogens is 797 g/mol. The molecule has 1 unspecified atom stereocenters. The number of imidazole rings is 2. The van der Waals surface area contributed by atoms with Crippen molar-refractivity contribution in [2.75, 3.05) is 25.0 Å². The van der Waals surface area contributed by atoms with Gasteiger partial charge in [-0.1, -0.05) is 97.9 Å². The zero-order chi connectivity index (χ0) is 45.8. The lowest BCUT2D eigenvalue weighted by molar-refractivity contribution is -0.139. The van der Waals surface area contributed by atoms with E-state index in [9.17, 15) is 19.2 Å². The number of likely N-dealkylation sites (tertiary alicyclic amines) is 1. The Morgan fingerprint density at radius 1 is 0.778 bits per heavy atom. The summed E-state index contributed by atoms with van der Waals surface area (Å²) in [4.78, 5) is 64.2. The number of nitrogens with zero attached hydrogens (tertiary/aromatic N) is 5. The van der Waals surface area contributed by atoms with Crippen molar-refractivity contribution < 1.29 is 28.7 Å².